The molecule has 8 nitrogen and oxygen atoms in total. The number of amides is 2. The van der Waals surface area contributed by atoms with Gasteiger partial charge in [-0.3, -0.25) is 10.1 Å². The summed E-state index contributed by atoms with van der Waals surface area (Å²) in [5.41, 5.74) is -1.19. The van der Waals surface area contributed by atoms with Crippen molar-refractivity contribution in [2.45, 2.75) is 85.0 Å². The molecule has 0 aliphatic carbocycles. The number of carbonyl (C=O) groups is 3. The lowest BCUT2D eigenvalue weighted by molar-refractivity contribution is -0.119. The maximum atomic E-state index is 11.8. The van der Waals surface area contributed by atoms with E-state index in [1.165, 1.54) is 6.92 Å². The minimum atomic E-state index is -0.614. The molecule has 8 heteroatoms. The SMILES string of the molecule is C=C(NCCCC[C@@H](NC(=O)OC(C)(C)C)C(C)=O)NC(=O)OC(C)(C)C. The number of hydrogen-bond acceptors (Lipinski definition) is 6. The number of nitrogens with one attached hydrogen (secondary N) is 3. The molecule has 0 aromatic heterocycles. The van der Waals surface area contributed by atoms with Crippen LogP contribution in [0, 0.1) is 0 Å². The first kappa shape index (κ1) is 24.8. The molecule has 1 atom stereocenters. The minimum absolute atomic E-state index is 0.121. The number of ether oxygens (including phenoxy) is 2. The predicted octanol–water partition coefficient (Wildman–Crippen LogP) is 3.22. The smallest absolute Gasteiger partial charge is 0.413 e. The second kappa shape index (κ2) is 10.8. The Hall–Kier alpha value is -2.25. The summed E-state index contributed by atoms with van der Waals surface area (Å²) in [5, 5.41) is 8.08. The molecule has 0 aromatic rings. The second-order valence-corrected chi connectivity index (χ2v) is 8.34. The second-order valence-electron chi connectivity index (χ2n) is 8.34. The Kier molecular flexibility index (Phi) is 9.89. The third-order valence-electron chi connectivity index (χ3n) is 3.09. The van der Waals surface area contributed by atoms with Gasteiger partial charge in [0, 0.05) is 6.54 Å². The van der Waals surface area contributed by atoms with Crippen LogP contribution in [0.3, 0.4) is 0 Å². The van der Waals surface area contributed by atoms with Crippen molar-refractivity contribution in [3.8, 4) is 0 Å². The van der Waals surface area contributed by atoms with E-state index in [-0.39, 0.29) is 5.78 Å². The lowest BCUT2D eigenvalue weighted by Crippen LogP contribution is -2.42. The zero-order valence-corrected chi connectivity index (χ0v) is 17.7. The maximum absolute atomic E-state index is 11.8. The molecule has 2 amide bonds. The van der Waals surface area contributed by atoms with Crippen LogP contribution in [-0.2, 0) is 14.3 Å². The van der Waals surface area contributed by atoms with Gasteiger partial charge in [0.2, 0.25) is 0 Å². The van der Waals surface area contributed by atoms with Gasteiger partial charge >= 0.3 is 12.2 Å². The molecule has 27 heavy (non-hydrogen) atoms. The van der Waals surface area contributed by atoms with Gasteiger partial charge < -0.3 is 20.1 Å². The Morgan fingerprint density at radius 2 is 1.44 bits per heavy atom. The molecule has 0 aliphatic heterocycles. The van der Waals surface area contributed by atoms with Gasteiger partial charge in [-0.2, -0.15) is 0 Å². The maximum Gasteiger partial charge on any atom is 0.413 e. The van der Waals surface area contributed by atoms with E-state index in [0.29, 0.717) is 25.2 Å². The highest BCUT2D eigenvalue weighted by molar-refractivity contribution is 5.85. The number of Topliss-reactive ketones (excluding diaryl/α,β-unsaturated/α-hetero) is 1. The molecule has 0 bridgehead atoms. The van der Waals surface area contributed by atoms with Crippen LogP contribution in [0.4, 0.5) is 9.59 Å². The number of alkyl carbamates (subject to hydrolysis) is 2. The molecular weight excluding hydrogens is 350 g/mol. The molecule has 0 radical (unpaired) electrons. The van der Waals surface area contributed by atoms with Gasteiger partial charge in [-0.1, -0.05) is 6.58 Å². The third-order valence-corrected chi connectivity index (χ3v) is 3.09. The van der Waals surface area contributed by atoms with Crippen molar-refractivity contribution >= 4 is 18.0 Å². The first-order valence-corrected chi connectivity index (χ1v) is 9.12. The lowest BCUT2D eigenvalue weighted by atomic mass is 10.1. The van der Waals surface area contributed by atoms with Crippen molar-refractivity contribution in [1.29, 1.82) is 0 Å². The zero-order chi connectivity index (χ0) is 21.3. The van der Waals surface area contributed by atoms with Crippen LogP contribution in [0.5, 0.6) is 0 Å². The lowest BCUT2D eigenvalue weighted by Gasteiger charge is -2.22. The molecular formula is C19H35N3O5. The average Bonchev–Trinajstić information content (AvgIpc) is 2.40. The number of carbonyl (C=O) groups excluding carboxylic acids is 3. The monoisotopic (exact) mass is 385 g/mol. The van der Waals surface area contributed by atoms with Gasteiger partial charge in [-0.15, -0.1) is 0 Å². The summed E-state index contributed by atoms with van der Waals surface area (Å²) in [6, 6.07) is -0.581. The molecule has 3 N–H and O–H groups in total. The van der Waals surface area contributed by atoms with Crippen LogP contribution in [0.25, 0.3) is 0 Å². The summed E-state index contributed by atoms with van der Waals surface area (Å²) >= 11 is 0. The molecule has 0 heterocycles. The fourth-order valence-corrected chi connectivity index (χ4v) is 2.01. The highest BCUT2D eigenvalue weighted by Crippen LogP contribution is 2.09. The zero-order valence-electron chi connectivity index (χ0n) is 17.7. The van der Waals surface area contributed by atoms with Crippen LogP contribution in [-0.4, -0.2) is 41.8 Å². The topological polar surface area (TPSA) is 106 Å². The molecule has 0 aliphatic rings. The fraction of sp³-hybridized carbons (Fsp3) is 0.737. The van der Waals surface area contributed by atoms with Gasteiger partial charge in [0.25, 0.3) is 0 Å². The summed E-state index contributed by atoms with van der Waals surface area (Å²) in [4.78, 5) is 35.1. The predicted molar refractivity (Wildman–Crippen MR) is 104 cm³/mol. The van der Waals surface area contributed by atoms with Gasteiger partial charge in [-0.05, 0) is 67.7 Å². The fourth-order valence-electron chi connectivity index (χ4n) is 2.01. The van der Waals surface area contributed by atoms with E-state index < -0.39 is 29.4 Å². The molecule has 0 rings (SSSR count). The van der Waals surface area contributed by atoms with E-state index in [9.17, 15) is 14.4 Å². The van der Waals surface area contributed by atoms with Crippen LogP contribution in [0.1, 0.15) is 67.7 Å². The van der Waals surface area contributed by atoms with Crippen molar-refractivity contribution < 1.29 is 23.9 Å². The van der Waals surface area contributed by atoms with E-state index in [1.54, 1.807) is 41.5 Å². The Morgan fingerprint density at radius 1 is 0.926 bits per heavy atom. The van der Waals surface area contributed by atoms with Crippen LogP contribution in [0.15, 0.2) is 12.4 Å². The molecule has 0 fully saturated rings. The van der Waals surface area contributed by atoms with Crippen molar-refractivity contribution in [3.63, 3.8) is 0 Å². The molecule has 0 spiro atoms. The van der Waals surface area contributed by atoms with Crippen molar-refractivity contribution in [3.05, 3.63) is 12.4 Å². The van der Waals surface area contributed by atoms with Crippen molar-refractivity contribution in [2.24, 2.45) is 0 Å². The highest BCUT2D eigenvalue weighted by atomic mass is 16.6. The van der Waals surface area contributed by atoms with Gasteiger partial charge in [0.05, 0.1) is 6.04 Å². The third kappa shape index (κ3) is 14.6. The number of ketones is 1. The number of rotatable bonds is 9. The standard InChI is InChI=1S/C19H35N3O5/c1-13(23)15(22-17(25)27-19(6,7)8)11-9-10-12-20-14(2)21-16(24)26-18(3,4)5/h15,20H,2,9-12H2,1,3-8H3,(H,21,24)(H,22,25)/t15-/m1/s1. The number of unbranched alkanes of at least 4 members (excludes halogenated alkanes) is 1. The molecule has 156 valence electrons. The van der Waals surface area contributed by atoms with E-state index in [2.05, 4.69) is 22.5 Å². The molecule has 0 saturated heterocycles. The Balaban J connectivity index is 4.11. The first-order valence-electron chi connectivity index (χ1n) is 9.12. The highest BCUT2D eigenvalue weighted by Gasteiger charge is 2.21. The average molecular weight is 386 g/mol. The summed E-state index contributed by atoms with van der Waals surface area (Å²) in [7, 11) is 0. The van der Waals surface area contributed by atoms with Crippen molar-refractivity contribution in [2.75, 3.05) is 6.54 Å². The van der Waals surface area contributed by atoms with Crippen molar-refractivity contribution in [1.82, 2.24) is 16.0 Å². The largest absolute Gasteiger partial charge is 0.444 e. The van der Waals surface area contributed by atoms with Crippen LogP contribution in [0.2, 0.25) is 0 Å². The summed E-state index contributed by atoms with van der Waals surface area (Å²) in [6.07, 6.45) is 0.762. The minimum Gasteiger partial charge on any atom is -0.444 e. The van der Waals surface area contributed by atoms with Crippen LogP contribution < -0.4 is 16.0 Å². The van der Waals surface area contributed by atoms with Gasteiger partial charge in [0.1, 0.15) is 17.0 Å². The van der Waals surface area contributed by atoms with Crippen LogP contribution >= 0.6 is 0 Å². The quantitative estimate of drug-likeness (QED) is 0.526. The Morgan fingerprint density at radius 3 is 1.93 bits per heavy atom. The van der Waals surface area contributed by atoms with E-state index in [1.807, 2.05) is 0 Å². The first-order chi connectivity index (χ1) is 12.2. The summed E-state index contributed by atoms with van der Waals surface area (Å²) < 4.78 is 10.3. The van der Waals surface area contributed by atoms with E-state index in [0.717, 1.165) is 6.42 Å². The Bertz CT molecular complexity index is 532. The molecule has 0 saturated carbocycles. The van der Waals surface area contributed by atoms with Gasteiger partial charge in [0.15, 0.2) is 5.78 Å². The Labute approximate surface area is 162 Å². The number of hydrogen-bond donors (Lipinski definition) is 3. The van der Waals surface area contributed by atoms with E-state index >= 15 is 0 Å². The summed E-state index contributed by atoms with van der Waals surface area (Å²) in [5.74, 6) is 0.226. The summed E-state index contributed by atoms with van der Waals surface area (Å²) in [6.45, 7) is 16.3. The van der Waals surface area contributed by atoms with E-state index in [4.69, 9.17) is 9.47 Å². The molecule has 0 aromatic carbocycles. The van der Waals surface area contributed by atoms with Gasteiger partial charge in [-0.25, -0.2) is 9.59 Å². The molecule has 0 unspecified atom stereocenters. The normalized spacial score (nSPS) is 12.6.